The quantitative estimate of drug-likeness (QED) is 0.578. The molecule has 0 N–H and O–H groups in total. The summed E-state index contributed by atoms with van der Waals surface area (Å²) < 4.78 is 16.8. The molecular weight excluding hydrogens is 362 g/mol. The highest BCUT2D eigenvalue weighted by Gasteiger charge is 2.19. The Morgan fingerprint density at radius 3 is 2.17 bits per heavy atom. The number of nitrogens with zero attached hydrogens (tertiary/aromatic N) is 1. The van der Waals surface area contributed by atoms with Crippen LogP contribution in [0.4, 0.5) is 0 Å². The fourth-order valence-corrected chi connectivity index (χ4v) is 3.77. The van der Waals surface area contributed by atoms with Crippen LogP contribution in [0.2, 0.25) is 0 Å². The van der Waals surface area contributed by atoms with Gasteiger partial charge in [-0.05, 0) is 52.9 Å². The van der Waals surface area contributed by atoms with Gasteiger partial charge in [-0.1, -0.05) is 42.5 Å². The molecule has 1 aliphatic rings. The highest BCUT2D eigenvalue weighted by atomic mass is 16.5. The summed E-state index contributed by atoms with van der Waals surface area (Å²) in [6.07, 6.45) is 1.02. The van der Waals surface area contributed by atoms with Crippen LogP contribution >= 0.6 is 0 Å². The zero-order chi connectivity index (χ0) is 20.1. The minimum atomic E-state index is 0.592. The molecule has 0 aromatic heterocycles. The smallest absolute Gasteiger partial charge is 0.161 e. The fraction of sp³-hybridized carbons (Fsp3) is 0.280. The summed E-state index contributed by atoms with van der Waals surface area (Å²) in [5.74, 6) is 2.51. The van der Waals surface area contributed by atoms with E-state index in [1.54, 1.807) is 14.2 Å². The Kier molecular flexibility index (Phi) is 6.01. The molecule has 0 spiro atoms. The first-order valence-electron chi connectivity index (χ1n) is 9.97. The normalized spacial score (nSPS) is 13.6. The maximum absolute atomic E-state index is 5.89. The van der Waals surface area contributed by atoms with E-state index in [1.807, 2.05) is 18.2 Å². The Morgan fingerprint density at radius 1 is 0.793 bits per heavy atom. The molecule has 3 aromatic carbocycles. The van der Waals surface area contributed by atoms with E-state index in [1.165, 1.54) is 22.3 Å². The van der Waals surface area contributed by atoms with Gasteiger partial charge in [-0.2, -0.15) is 0 Å². The van der Waals surface area contributed by atoms with Gasteiger partial charge in [0.25, 0.3) is 0 Å². The second-order valence-electron chi connectivity index (χ2n) is 7.35. The Balaban J connectivity index is 1.36. The van der Waals surface area contributed by atoms with Gasteiger partial charge in [0.2, 0.25) is 0 Å². The number of rotatable bonds is 7. The molecule has 0 saturated heterocycles. The monoisotopic (exact) mass is 389 g/mol. The van der Waals surface area contributed by atoms with Crippen molar-refractivity contribution in [3.63, 3.8) is 0 Å². The second kappa shape index (κ2) is 9.01. The van der Waals surface area contributed by atoms with Crippen molar-refractivity contribution in [3.05, 3.63) is 89.0 Å². The Morgan fingerprint density at radius 2 is 1.48 bits per heavy atom. The molecule has 0 unspecified atom stereocenters. The van der Waals surface area contributed by atoms with E-state index in [4.69, 9.17) is 14.2 Å². The van der Waals surface area contributed by atoms with Crippen LogP contribution in [0.25, 0.3) is 0 Å². The number of hydrogen-bond donors (Lipinski definition) is 0. The standard InChI is InChI=1S/C25H27NO3/c1-27-24-14-21-12-13-26(17-22(21)15-25(24)28-2)16-19-8-10-23(11-9-19)29-18-20-6-4-3-5-7-20/h3-11,14-15H,12-13,16-18H2,1-2H3. The number of hydrogen-bond acceptors (Lipinski definition) is 4. The molecule has 0 fully saturated rings. The number of ether oxygens (including phenoxy) is 3. The van der Waals surface area contributed by atoms with Crippen molar-refractivity contribution in [1.29, 1.82) is 0 Å². The zero-order valence-corrected chi connectivity index (χ0v) is 17.1. The van der Waals surface area contributed by atoms with E-state index >= 15 is 0 Å². The largest absolute Gasteiger partial charge is 0.493 e. The van der Waals surface area contributed by atoms with Gasteiger partial charge in [0.05, 0.1) is 14.2 Å². The summed E-state index contributed by atoms with van der Waals surface area (Å²) in [7, 11) is 3.37. The molecule has 3 aromatic rings. The van der Waals surface area contributed by atoms with Gasteiger partial charge in [-0.25, -0.2) is 0 Å². The number of fused-ring (bicyclic) bond motifs is 1. The molecule has 0 bridgehead atoms. The lowest BCUT2D eigenvalue weighted by atomic mass is 9.98. The highest BCUT2D eigenvalue weighted by Crippen LogP contribution is 2.33. The molecule has 4 heteroatoms. The topological polar surface area (TPSA) is 30.9 Å². The van der Waals surface area contributed by atoms with Crippen molar-refractivity contribution < 1.29 is 14.2 Å². The van der Waals surface area contributed by atoms with Crippen molar-refractivity contribution in [2.75, 3.05) is 20.8 Å². The first kappa shape index (κ1) is 19.3. The third kappa shape index (κ3) is 4.72. The Hall–Kier alpha value is -2.98. The lowest BCUT2D eigenvalue weighted by molar-refractivity contribution is 0.244. The Labute approximate surface area is 172 Å². The molecular formula is C25H27NO3. The van der Waals surface area contributed by atoms with Crippen LogP contribution in [0.15, 0.2) is 66.7 Å². The van der Waals surface area contributed by atoms with Crippen LogP contribution in [0.5, 0.6) is 17.2 Å². The molecule has 0 aliphatic carbocycles. The van der Waals surface area contributed by atoms with Gasteiger partial charge >= 0.3 is 0 Å². The lowest BCUT2D eigenvalue weighted by Gasteiger charge is -2.29. The van der Waals surface area contributed by atoms with Crippen LogP contribution < -0.4 is 14.2 Å². The van der Waals surface area contributed by atoms with Gasteiger partial charge in [0, 0.05) is 19.6 Å². The molecule has 0 amide bonds. The number of benzene rings is 3. The minimum absolute atomic E-state index is 0.592. The van der Waals surface area contributed by atoms with Crippen molar-refractivity contribution in [2.45, 2.75) is 26.1 Å². The summed E-state index contributed by atoms with van der Waals surface area (Å²) in [6, 6.07) is 22.9. The zero-order valence-electron chi connectivity index (χ0n) is 17.1. The summed E-state index contributed by atoms with van der Waals surface area (Å²) >= 11 is 0. The van der Waals surface area contributed by atoms with E-state index in [2.05, 4.69) is 53.4 Å². The molecule has 0 saturated carbocycles. The Bertz CT molecular complexity index is 938. The summed E-state index contributed by atoms with van der Waals surface area (Å²) in [4.78, 5) is 2.47. The third-order valence-electron chi connectivity index (χ3n) is 5.37. The summed E-state index contributed by atoms with van der Waals surface area (Å²) in [6.45, 7) is 3.47. The maximum Gasteiger partial charge on any atom is 0.161 e. The fourth-order valence-electron chi connectivity index (χ4n) is 3.77. The molecule has 150 valence electrons. The van der Waals surface area contributed by atoms with Crippen molar-refractivity contribution in [2.24, 2.45) is 0 Å². The maximum atomic E-state index is 5.89. The third-order valence-corrected chi connectivity index (χ3v) is 5.37. The number of methoxy groups -OCH3 is 2. The molecule has 4 nitrogen and oxygen atoms in total. The van der Waals surface area contributed by atoms with Gasteiger partial charge < -0.3 is 14.2 Å². The molecule has 0 radical (unpaired) electrons. The van der Waals surface area contributed by atoms with E-state index < -0.39 is 0 Å². The molecule has 29 heavy (non-hydrogen) atoms. The van der Waals surface area contributed by atoms with Crippen molar-refractivity contribution in [1.82, 2.24) is 4.90 Å². The van der Waals surface area contributed by atoms with Gasteiger partial charge in [-0.3, -0.25) is 4.90 Å². The average Bonchev–Trinajstić information content (AvgIpc) is 2.78. The highest BCUT2D eigenvalue weighted by molar-refractivity contribution is 5.48. The SMILES string of the molecule is COc1cc2c(cc1OC)CN(Cc1ccc(OCc3ccccc3)cc1)CC2. The van der Waals surface area contributed by atoms with Gasteiger partial charge in [0.15, 0.2) is 11.5 Å². The van der Waals surface area contributed by atoms with Crippen molar-refractivity contribution >= 4 is 0 Å². The average molecular weight is 389 g/mol. The second-order valence-corrected chi connectivity index (χ2v) is 7.35. The van der Waals surface area contributed by atoms with Crippen LogP contribution in [-0.4, -0.2) is 25.7 Å². The minimum Gasteiger partial charge on any atom is -0.493 e. The van der Waals surface area contributed by atoms with Crippen LogP contribution in [0.1, 0.15) is 22.3 Å². The molecule has 0 atom stereocenters. The predicted molar refractivity (Wildman–Crippen MR) is 115 cm³/mol. The van der Waals surface area contributed by atoms with E-state index in [9.17, 15) is 0 Å². The summed E-state index contributed by atoms with van der Waals surface area (Å²) in [5.41, 5.74) is 5.14. The first-order valence-corrected chi connectivity index (χ1v) is 9.97. The first-order chi connectivity index (χ1) is 14.2. The predicted octanol–water partition coefficient (Wildman–Crippen LogP) is 4.84. The van der Waals surface area contributed by atoms with E-state index in [0.717, 1.165) is 43.3 Å². The summed E-state index contributed by atoms with van der Waals surface area (Å²) in [5, 5.41) is 0. The molecule has 1 heterocycles. The van der Waals surface area contributed by atoms with Crippen LogP contribution in [0, 0.1) is 0 Å². The van der Waals surface area contributed by atoms with E-state index in [0.29, 0.717) is 6.61 Å². The molecule has 4 rings (SSSR count). The van der Waals surface area contributed by atoms with E-state index in [-0.39, 0.29) is 0 Å². The molecule has 1 aliphatic heterocycles. The van der Waals surface area contributed by atoms with Crippen LogP contribution in [0.3, 0.4) is 0 Å². The van der Waals surface area contributed by atoms with Crippen molar-refractivity contribution in [3.8, 4) is 17.2 Å². The van der Waals surface area contributed by atoms with Crippen LogP contribution in [-0.2, 0) is 26.1 Å². The lowest BCUT2D eigenvalue weighted by Crippen LogP contribution is -2.30. The van der Waals surface area contributed by atoms with Gasteiger partial charge in [0.1, 0.15) is 12.4 Å². The van der Waals surface area contributed by atoms with Gasteiger partial charge in [-0.15, -0.1) is 0 Å².